The highest BCUT2D eigenvalue weighted by atomic mass is 19.2. The number of aryl methyl sites for hydroxylation is 1. The van der Waals surface area contributed by atoms with E-state index in [1.54, 1.807) is 6.07 Å². The van der Waals surface area contributed by atoms with Crippen molar-refractivity contribution in [2.75, 3.05) is 0 Å². The molecule has 0 bridgehead atoms. The topological polar surface area (TPSA) is 0 Å². The van der Waals surface area contributed by atoms with Gasteiger partial charge in [0.2, 0.25) is 0 Å². The minimum Gasteiger partial charge on any atom is -0.204 e. The van der Waals surface area contributed by atoms with Crippen LogP contribution < -0.4 is 0 Å². The summed E-state index contributed by atoms with van der Waals surface area (Å²) < 4.78 is 26.8. The van der Waals surface area contributed by atoms with E-state index in [0.717, 1.165) is 41.7 Å². The number of halogens is 2. The van der Waals surface area contributed by atoms with Gasteiger partial charge < -0.3 is 0 Å². The third-order valence-electron chi connectivity index (χ3n) is 7.06. The molecule has 0 N–H and O–H groups in total. The second-order valence-electron chi connectivity index (χ2n) is 8.76. The minimum atomic E-state index is -0.788. The number of fused-ring (bicyclic) bond motifs is 1. The molecule has 2 aliphatic carbocycles. The fraction of sp³-hybridized carbons (Fsp3) is 0.462. The highest BCUT2D eigenvalue weighted by molar-refractivity contribution is 5.65. The van der Waals surface area contributed by atoms with E-state index in [2.05, 4.69) is 30.9 Å². The Hall–Kier alpha value is -1.96. The lowest BCUT2D eigenvalue weighted by Gasteiger charge is -2.36. The molecule has 1 saturated carbocycles. The third kappa shape index (κ3) is 4.21. The molecular weight excluding hydrogens is 350 g/mol. The molecule has 0 heterocycles. The molecule has 2 aliphatic rings. The summed E-state index contributed by atoms with van der Waals surface area (Å²) in [6, 6.07) is 10.6. The molecule has 1 atom stereocenters. The molecule has 0 nitrogen and oxygen atoms in total. The summed E-state index contributed by atoms with van der Waals surface area (Å²) in [5.41, 5.74) is 4.58. The maximum Gasteiger partial charge on any atom is 0.159 e. The second-order valence-corrected chi connectivity index (χ2v) is 8.76. The van der Waals surface area contributed by atoms with E-state index >= 15 is 0 Å². The number of allylic oxidation sites excluding steroid dienone is 1. The van der Waals surface area contributed by atoms with Crippen molar-refractivity contribution in [3.63, 3.8) is 0 Å². The molecule has 2 aromatic carbocycles. The summed E-state index contributed by atoms with van der Waals surface area (Å²) in [5.74, 6) is 1.02. The molecule has 28 heavy (non-hydrogen) atoms. The van der Waals surface area contributed by atoms with Crippen molar-refractivity contribution in [3.05, 3.63) is 71.8 Å². The van der Waals surface area contributed by atoms with E-state index in [4.69, 9.17) is 0 Å². The second kappa shape index (κ2) is 8.59. The van der Waals surface area contributed by atoms with Crippen LogP contribution >= 0.6 is 0 Å². The van der Waals surface area contributed by atoms with Crippen molar-refractivity contribution < 1.29 is 8.78 Å². The van der Waals surface area contributed by atoms with E-state index in [1.165, 1.54) is 68.2 Å². The van der Waals surface area contributed by atoms with Gasteiger partial charge in [-0.05, 0) is 97.1 Å². The lowest BCUT2D eigenvalue weighted by Crippen LogP contribution is -2.26. The Bertz CT molecular complexity index is 830. The fourth-order valence-electron chi connectivity index (χ4n) is 5.34. The number of benzene rings is 2. The number of hydrogen-bond acceptors (Lipinski definition) is 0. The summed E-state index contributed by atoms with van der Waals surface area (Å²) >= 11 is 0. The van der Waals surface area contributed by atoms with Crippen molar-refractivity contribution in [2.24, 2.45) is 17.8 Å². The van der Waals surface area contributed by atoms with Gasteiger partial charge in [0, 0.05) is 0 Å². The normalized spacial score (nSPS) is 24.6. The first-order valence-corrected chi connectivity index (χ1v) is 10.8. The van der Waals surface area contributed by atoms with Gasteiger partial charge in [-0.15, -0.1) is 6.58 Å². The molecular formula is C26H30F2. The average Bonchev–Trinajstić information content (AvgIpc) is 2.74. The molecule has 0 aromatic heterocycles. The first-order chi connectivity index (χ1) is 13.6. The van der Waals surface area contributed by atoms with Crippen LogP contribution in [0.25, 0.3) is 11.1 Å². The maximum absolute atomic E-state index is 13.6. The molecule has 2 aromatic rings. The predicted molar refractivity (Wildman–Crippen MR) is 112 cm³/mol. The number of rotatable bonds is 5. The van der Waals surface area contributed by atoms with Gasteiger partial charge in [-0.1, -0.05) is 43.2 Å². The van der Waals surface area contributed by atoms with E-state index in [9.17, 15) is 8.78 Å². The summed E-state index contributed by atoms with van der Waals surface area (Å²) in [4.78, 5) is 0. The summed E-state index contributed by atoms with van der Waals surface area (Å²) in [5, 5.41) is 0. The van der Waals surface area contributed by atoms with Crippen LogP contribution in [0, 0.1) is 29.4 Å². The minimum absolute atomic E-state index is 0.752. The molecule has 4 rings (SSSR count). The van der Waals surface area contributed by atoms with Crippen LogP contribution in [0.2, 0.25) is 0 Å². The first kappa shape index (κ1) is 19.4. The Balaban J connectivity index is 1.41. The van der Waals surface area contributed by atoms with Crippen molar-refractivity contribution in [1.82, 2.24) is 0 Å². The lowest BCUT2D eigenvalue weighted by molar-refractivity contribution is 0.185. The molecule has 148 valence electrons. The molecule has 0 aliphatic heterocycles. The quantitative estimate of drug-likeness (QED) is 0.471. The Morgan fingerprint density at radius 1 is 0.821 bits per heavy atom. The van der Waals surface area contributed by atoms with Crippen LogP contribution in [0.1, 0.15) is 56.1 Å². The van der Waals surface area contributed by atoms with Gasteiger partial charge in [0.1, 0.15) is 0 Å². The van der Waals surface area contributed by atoms with Crippen LogP contribution in [0.3, 0.4) is 0 Å². The van der Waals surface area contributed by atoms with E-state index in [0.29, 0.717) is 0 Å². The predicted octanol–water partition coefficient (Wildman–Crippen LogP) is 7.51. The highest BCUT2D eigenvalue weighted by Crippen LogP contribution is 2.41. The van der Waals surface area contributed by atoms with Crippen LogP contribution in [-0.4, -0.2) is 0 Å². The van der Waals surface area contributed by atoms with Gasteiger partial charge in [0.05, 0.1) is 0 Å². The molecule has 0 amide bonds. The Labute approximate surface area is 167 Å². The van der Waals surface area contributed by atoms with Gasteiger partial charge in [-0.2, -0.15) is 0 Å². The van der Waals surface area contributed by atoms with Crippen LogP contribution in [0.4, 0.5) is 8.78 Å². The van der Waals surface area contributed by atoms with Crippen molar-refractivity contribution >= 4 is 0 Å². The maximum atomic E-state index is 13.6. The summed E-state index contributed by atoms with van der Waals surface area (Å²) in [7, 11) is 0. The van der Waals surface area contributed by atoms with E-state index < -0.39 is 11.6 Å². The van der Waals surface area contributed by atoms with Gasteiger partial charge in [0.15, 0.2) is 11.6 Å². The summed E-state index contributed by atoms with van der Waals surface area (Å²) in [6.07, 6.45) is 13.6. The largest absolute Gasteiger partial charge is 0.204 e. The molecule has 0 spiro atoms. The number of hydrogen-bond donors (Lipinski definition) is 0. The Morgan fingerprint density at radius 3 is 2.32 bits per heavy atom. The molecule has 2 heteroatoms. The highest BCUT2D eigenvalue weighted by Gasteiger charge is 2.30. The first-order valence-electron chi connectivity index (χ1n) is 10.8. The fourth-order valence-corrected chi connectivity index (χ4v) is 5.34. The molecule has 1 fully saturated rings. The monoisotopic (exact) mass is 380 g/mol. The smallest absolute Gasteiger partial charge is 0.159 e. The van der Waals surface area contributed by atoms with Crippen LogP contribution in [-0.2, 0) is 12.8 Å². The van der Waals surface area contributed by atoms with Crippen molar-refractivity contribution in [1.29, 1.82) is 0 Å². The van der Waals surface area contributed by atoms with Gasteiger partial charge in [0.25, 0.3) is 0 Å². The molecule has 0 radical (unpaired) electrons. The zero-order valence-electron chi connectivity index (χ0n) is 16.6. The SMILES string of the molecule is C=CCCC1CCC(C2CCc3cc(-c4ccc(F)c(F)c4)ccc3C2)CC1. The zero-order chi connectivity index (χ0) is 19.5. The van der Waals surface area contributed by atoms with Gasteiger partial charge in [-0.25, -0.2) is 8.78 Å². The lowest BCUT2D eigenvalue weighted by atomic mass is 9.69. The summed E-state index contributed by atoms with van der Waals surface area (Å²) in [6.45, 7) is 3.85. The standard InChI is InChI=1S/C26H30F2/c1-2-3-4-18-5-7-19(8-6-18)20-9-10-22-16-23(12-11-21(22)15-20)24-13-14-25(27)26(28)17-24/h2,11-14,16-20H,1,3-10,15H2. The third-order valence-corrected chi connectivity index (χ3v) is 7.06. The average molecular weight is 381 g/mol. The van der Waals surface area contributed by atoms with E-state index in [-0.39, 0.29) is 0 Å². The van der Waals surface area contributed by atoms with Crippen LogP contribution in [0.15, 0.2) is 49.1 Å². The van der Waals surface area contributed by atoms with Crippen molar-refractivity contribution in [2.45, 2.75) is 57.8 Å². The zero-order valence-corrected chi connectivity index (χ0v) is 16.6. The Kier molecular flexibility index (Phi) is 5.94. The van der Waals surface area contributed by atoms with E-state index in [1.807, 2.05) is 0 Å². The molecule has 1 unspecified atom stereocenters. The van der Waals surface area contributed by atoms with Crippen molar-refractivity contribution in [3.8, 4) is 11.1 Å². The Morgan fingerprint density at radius 2 is 1.57 bits per heavy atom. The molecule has 0 saturated heterocycles. The van der Waals surface area contributed by atoms with Gasteiger partial charge >= 0.3 is 0 Å². The van der Waals surface area contributed by atoms with Crippen LogP contribution in [0.5, 0.6) is 0 Å². The van der Waals surface area contributed by atoms with Gasteiger partial charge in [-0.3, -0.25) is 0 Å².